The predicted molar refractivity (Wildman–Crippen MR) is 121 cm³/mol. The lowest BCUT2D eigenvalue weighted by Gasteiger charge is -2.08. The molecule has 3 aromatic rings. The second kappa shape index (κ2) is 9.12. The van der Waals surface area contributed by atoms with E-state index in [0.717, 1.165) is 36.4 Å². The Balaban J connectivity index is 1.39. The Labute approximate surface area is 180 Å². The molecule has 0 unspecified atom stereocenters. The number of aryl methyl sites for hydroxylation is 1. The number of ether oxygens (including phenoxy) is 1. The van der Waals surface area contributed by atoms with Crippen molar-refractivity contribution in [2.75, 3.05) is 6.61 Å². The molecule has 1 aliphatic rings. The van der Waals surface area contributed by atoms with Crippen LogP contribution in [0.15, 0.2) is 52.4 Å². The van der Waals surface area contributed by atoms with Gasteiger partial charge in [0.1, 0.15) is 11.6 Å². The first-order chi connectivity index (χ1) is 15.0. The third-order valence-electron chi connectivity index (χ3n) is 5.30. The smallest absolute Gasteiger partial charge is 0.271 e. The third kappa shape index (κ3) is 4.82. The number of benzene rings is 2. The molecule has 2 heterocycles. The van der Waals surface area contributed by atoms with Crippen molar-refractivity contribution in [3.63, 3.8) is 0 Å². The monoisotopic (exact) mass is 418 g/mol. The molecule has 0 aliphatic carbocycles. The molecule has 0 radical (unpaired) electrons. The Bertz CT molecular complexity index is 1180. The highest BCUT2D eigenvalue weighted by Crippen LogP contribution is 2.16. The molecule has 1 amide bonds. The van der Waals surface area contributed by atoms with Crippen LogP contribution in [-0.4, -0.2) is 28.3 Å². The van der Waals surface area contributed by atoms with Crippen LogP contribution < -0.4 is 15.7 Å². The largest absolute Gasteiger partial charge is 0.494 e. The van der Waals surface area contributed by atoms with Gasteiger partial charge in [0.15, 0.2) is 0 Å². The quantitative estimate of drug-likeness (QED) is 0.470. The summed E-state index contributed by atoms with van der Waals surface area (Å²) in [5.41, 5.74) is 4.29. The van der Waals surface area contributed by atoms with Gasteiger partial charge in [-0.25, -0.2) is 10.4 Å². The van der Waals surface area contributed by atoms with Gasteiger partial charge in [-0.1, -0.05) is 13.8 Å². The zero-order valence-corrected chi connectivity index (χ0v) is 17.8. The molecule has 1 aliphatic heterocycles. The van der Waals surface area contributed by atoms with E-state index in [1.807, 2.05) is 24.3 Å². The molecule has 0 saturated heterocycles. The van der Waals surface area contributed by atoms with Crippen molar-refractivity contribution >= 4 is 23.0 Å². The first-order valence-corrected chi connectivity index (χ1v) is 10.6. The van der Waals surface area contributed by atoms with E-state index in [0.29, 0.717) is 35.5 Å². The molecule has 0 spiro atoms. The highest BCUT2D eigenvalue weighted by atomic mass is 16.5. The van der Waals surface area contributed by atoms with Gasteiger partial charge >= 0.3 is 0 Å². The van der Waals surface area contributed by atoms with Crippen LogP contribution in [0.2, 0.25) is 0 Å². The Morgan fingerprint density at radius 3 is 2.84 bits per heavy atom. The fourth-order valence-corrected chi connectivity index (χ4v) is 3.52. The van der Waals surface area contributed by atoms with Gasteiger partial charge < -0.3 is 4.74 Å². The summed E-state index contributed by atoms with van der Waals surface area (Å²) in [5.74, 6) is 1.85. The molecule has 7 nitrogen and oxygen atoms in total. The third-order valence-corrected chi connectivity index (χ3v) is 5.30. The van der Waals surface area contributed by atoms with E-state index in [9.17, 15) is 9.59 Å². The van der Waals surface area contributed by atoms with Crippen LogP contribution in [0.25, 0.3) is 10.9 Å². The van der Waals surface area contributed by atoms with E-state index in [1.54, 1.807) is 29.0 Å². The Morgan fingerprint density at radius 1 is 1.26 bits per heavy atom. The van der Waals surface area contributed by atoms with Crippen molar-refractivity contribution < 1.29 is 9.53 Å². The van der Waals surface area contributed by atoms with Gasteiger partial charge in [0.2, 0.25) is 0 Å². The molecule has 0 atom stereocenters. The number of fused-ring (bicyclic) bond motifs is 2. The van der Waals surface area contributed by atoms with Crippen molar-refractivity contribution in [1.29, 1.82) is 0 Å². The summed E-state index contributed by atoms with van der Waals surface area (Å²) >= 11 is 0. The van der Waals surface area contributed by atoms with E-state index < -0.39 is 0 Å². The molecule has 4 rings (SSSR count). The number of nitrogens with one attached hydrogen (secondary N) is 1. The molecule has 7 heteroatoms. The van der Waals surface area contributed by atoms with Crippen LogP contribution in [0.1, 0.15) is 48.4 Å². The van der Waals surface area contributed by atoms with Gasteiger partial charge in [0.05, 0.1) is 23.7 Å². The molecule has 1 aromatic heterocycles. The standard InChI is InChI=1S/C24H26N4O3/c1-16(2)11-13-31-19-8-5-17(6-9-19)15-25-27-23(29)18-7-10-20-21(14-18)26-22-4-3-12-28(22)24(20)30/h5-10,14-16H,3-4,11-13H2,1-2H3,(H,27,29)/b25-15-. The molecular weight excluding hydrogens is 392 g/mol. The first-order valence-electron chi connectivity index (χ1n) is 10.6. The van der Waals surface area contributed by atoms with Crippen molar-refractivity contribution in [3.05, 3.63) is 69.8 Å². The summed E-state index contributed by atoms with van der Waals surface area (Å²) in [6, 6.07) is 12.5. The van der Waals surface area contributed by atoms with Crippen molar-refractivity contribution in [1.82, 2.24) is 15.0 Å². The predicted octanol–water partition coefficient (Wildman–Crippen LogP) is 3.53. The average Bonchev–Trinajstić information content (AvgIpc) is 3.23. The fraction of sp³-hybridized carbons (Fsp3) is 0.333. The minimum absolute atomic E-state index is 0.0425. The zero-order chi connectivity index (χ0) is 21.8. The molecule has 0 bridgehead atoms. The number of hydrogen-bond acceptors (Lipinski definition) is 5. The highest BCUT2D eigenvalue weighted by molar-refractivity contribution is 5.98. The van der Waals surface area contributed by atoms with Crippen LogP contribution in [0.3, 0.4) is 0 Å². The van der Waals surface area contributed by atoms with Crippen LogP contribution in [0.5, 0.6) is 5.75 Å². The molecule has 31 heavy (non-hydrogen) atoms. The number of aromatic nitrogens is 2. The van der Waals surface area contributed by atoms with E-state index >= 15 is 0 Å². The molecule has 160 valence electrons. The number of amides is 1. The lowest BCUT2D eigenvalue weighted by molar-refractivity contribution is 0.0955. The van der Waals surface area contributed by atoms with Crippen LogP contribution >= 0.6 is 0 Å². The molecule has 0 fully saturated rings. The molecule has 1 N–H and O–H groups in total. The lowest BCUT2D eigenvalue weighted by atomic mass is 10.1. The molecular formula is C24H26N4O3. The normalized spacial score (nSPS) is 13.1. The van der Waals surface area contributed by atoms with Crippen molar-refractivity contribution in [2.24, 2.45) is 11.0 Å². The summed E-state index contributed by atoms with van der Waals surface area (Å²) in [7, 11) is 0. The number of rotatable bonds is 7. The lowest BCUT2D eigenvalue weighted by Crippen LogP contribution is -2.22. The summed E-state index contributed by atoms with van der Waals surface area (Å²) < 4.78 is 7.41. The number of carbonyl (C=O) groups is 1. The van der Waals surface area contributed by atoms with Gasteiger partial charge in [0, 0.05) is 18.5 Å². The van der Waals surface area contributed by atoms with Crippen molar-refractivity contribution in [3.8, 4) is 5.75 Å². The molecule has 0 saturated carbocycles. The van der Waals surface area contributed by atoms with E-state index in [4.69, 9.17) is 4.74 Å². The summed E-state index contributed by atoms with van der Waals surface area (Å²) in [6.07, 6.45) is 4.30. The second-order valence-electron chi connectivity index (χ2n) is 8.12. The number of hydrazone groups is 1. The average molecular weight is 418 g/mol. The zero-order valence-electron chi connectivity index (χ0n) is 17.8. The van der Waals surface area contributed by atoms with Crippen LogP contribution in [0.4, 0.5) is 0 Å². The van der Waals surface area contributed by atoms with Gasteiger partial charge in [0.25, 0.3) is 11.5 Å². The number of hydrogen-bond donors (Lipinski definition) is 1. The summed E-state index contributed by atoms with van der Waals surface area (Å²) in [4.78, 5) is 29.6. The van der Waals surface area contributed by atoms with Crippen molar-refractivity contribution in [2.45, 2.75) is 39.7 Å². The minimum atomic E-state index is -0.353. The highest BCUT2D eigenvalue weighted by Gasteiger charge is 2.17. The Kier molecular flexibility index (Phi) is 6.11. The second-order valence-corrected chi connectivity index (χ2v) is 8.12. The van der Waals surface area contributed by atoms with Crippen LogP contribution in [-0.2, 0) is 13.0 Å². The number of nitrogens with zero attached hydrogens (tertiary/aromatic N) is 3. The number of carbonyl (C=O) groups excluding carboxylic acids is 1. The van der Waals surface area contributed by atoms with E-state index in [-0.39, 0.29) is 11.5 Å². The fourth-order valence-electron chi connectivity index (χ4n) is 3.52. The maximum absolute atomic E-state index is 12.5. The SMILES string of the molecule is CC(C)CCOc1ccc(/C=N\NC(=O)c2ccc3c(=O)n4c(nc3c2)CCC4)cc1. The summed E-state index contributed by atoms with van der Waals surface area (Å²) in [5, 5.41) is 4.57. The maximum atomic E-state index is 12.5. The minimum Gasteiger partial charge on any atom is -0.494 e. The van der Waals surface area contributed by atoms with Crippen LogP contribution in [0, 0.1) is 5.92 Å². The maximum Gasteiger partial charge on any atom is 0.271 e. The van der Waals surface area contributed by atoms with Gasteiger partial charge in [-0.05, 0) is 66.8 Å². The Morgan fingerprint density at radius 2 is 2.06 bits per heavy atom. The Hall–Kier alpha value is -3.48. The van der Waals surface area contributed by atoms with E-state index in [1.165, 1.54) is 0 Å². The topological polar surface area (TPSA) is 85.6 Å². The van der Waals surface area contributed by atoms with E-state index in [2.05, 4.69) is 29.4 Å². The van der Waals surface area contributed by atoms with Gasteiger partial charge in [-0.3, -0.25) is 14.2 Å². The van der Waals surface area contributed by atoms with Gasteiger partial charge in [-0.15, -0.1) is 0 Å². The first kappa shape index (κ1) is 20.8. The molecule has 2 aromatic carbocycles. The summed E-state index contributed by atoms with van der Waals surface area (Å²) in [6.45, 7) is 5.73. The van der Waals surface area contributed by atoms with Gasteiger partial charge in [-0.2, -0.15) is 5.10 Å².